The number of amides is 1. The first-order valence-electron chi connectivity index (χ1n) is 7.89. The topological polar surface area (TPSA) is 56.1 Å². The molecule has 0 bridgehead atoms. The van der Waals surface area contributed by atoms with Gasteiger partial charge in [0.1, 0.15) is 0 Å². The summed E-state index contributed by atoms with van der Waals surface area (Å²) in [5.41, 5.74) is -0.881. The van der Waals surface area contributed by atoms with Crippen molar-refractivity contribution < 1.29 is 18.0 Å². The third-order valence-electron chi connectivity index (χ3n) is 4.09. The first-order chi connectivity index (χ1) is 11.2. The molecule has 2 rings (SSSR count). The third-order valence-corrected chi connectivity index (χ3v) is 4.09. The summed E-state index contributed by atoms with van der Waals surface area (Å²) in [7, 11) is 0. The van der Waals surface area contributed by atoms with Crippen molar-refractivity contribution in [3.8, 4) is 6.07 Å². The molecule has 0 saturated carbocycles. The van der Waals surface area contributed by atoms with Crippen molar-refractivity contribution in [3.05, 3.63) is 29.3 Å². The number of rotatable bonds is 3. The maximum Gasteiger partial charge on any atom is 0.417 e. The average molecular weight is 339 g/mol. The highest BCUT2D eigenvalue weighted by molar-refractivity contribution is 5.78. The Bertz CT molecular complexity index is 649. The lowest BCUT2D eigenvalue weighted by molar-refractivity contribution is -0.137. The van der Waals surface area contributed by atoms with Gasteiger partial charge in [-0.1, -0.05) is 13.8 Å². The van der Waals surface area contributed by atoms with Crippen molar-refractivity contribution >= 4 is 11.6 Å². The Hall–Kier alpha value is -2.23. The second kappa shape index (κ2) is 7.12. The fourth-order valence-electron chi connectivity index (χ4n) is 2.76. The normalized spacial score (nSPS) is 18.4. The number of carbonyl (C=O) groups is 1. The van der Waals surface area contributed by atoms with E-state index in [1.165, 1.54) is 12.1 Å². The summed E-state index contributed by atoms with van der Waals surface area (Å²) in [6.45, 7) is 4.68. The quantitative estimate of drug-likeness (QED) is 0.919. The van der Waals surface area contributed by atoms with Gasteiger partial charge in [-0.15, -0.1) is 0 Å². The summed E-state index contributed by atoms with van der Waals surface area (Å²) in [4.78, 5) is 13.6. The van der Waals surface area contributed by atoms with Gasteiger partial charge in [0.05, 0.1) is 17.2 Å². The van der Waals surface area contributed by atoms with Crippen LogP contribution < -0.4 is 10.2 Å². The van der Waals surface area contributed by atoms with E-state index in [4.69, 9.17) is 5.26 Å². The first kappa shape index (κ1) is 18.1. The predicted octanol–water partition coefficient (Wildman–Crippen LogP) is 3.32. The molecule has 0 aromatic heterocycles. The smallest absolute Gasteiger partial charge is 0.369 e. The molecule has 1 aliphatic rings. The zero-order valence-corrected chi connectivity index (χ0v) is 13.7. The number of hydrogen-bond donors (Lipinski definition) is 1. The lowest BCUT2D eigenvalue weighted by Crippen LogP contribution is -2.48. The molecule has 4 nitrogen and oxygen atoms in total. The van der Waals surface area contributed by atoms with Gasteiger partial charge in [0, 0.05) is 30.7 Å². The van der Waals surface area contributed by atoms with Crippen LogP contribution in [0.15, 0.2) is 18.2 Å². The van der Waals surface area contributed by atoms with Crippen LogP contribution in [0.1, 0.15) is 37.8 Å². The Balaban J connectivity index is 2.19. The van der Waals surface area contributed by atoms with Crippen LogP contribution in [-0.2, 0) is 11.0 Å². The Kier molecular flexibility index (Phi) is 5.37. The first-order valence-corrected chi connectivity index (χ1v) is 7.89. The zero-order valence-electron chi connectivity index (χ0n) is 13.7. The van der Waals surface area contributed by atoms with E-state index in [9.17, 15) is 18.0 Å². The number of alkyl halides is 3. The van der Waals surface area contributed by atoms with Gasteiger partial charge in [-0.05, 0) is 31.0 Å². The maximum atomic E-state index is 13.1. The third kappa shape index (κ3) is 4.19. The second-order valence-corrected chi connectivity index (χ2v) is 6.29. The largest absolute Gasteiger partial charge is 0.417 e. The minimum absolute atomic E-state index is 0.0577. The van der Waals surface area contributed by atoms with E-state index >= 15 is 0 Å². The summed E-state index contributed by atoms with van der Waals surface area (Å²) in [6.07, 6.45) is -2.98. The highest BCUT2D eigenvalue weighted by atomic mass is 19.4. The van der Waals surface area contributed by atoms with Crippen LogP contribution in [0, 0.1) is 17.2 Å². The molecule has 7 heteroatoms. The number of nitrogens with one attached hydrogen (secondary N) is 1. The average Bonchev–Trinajstić information content (AvgIpc) is 2.53. The number of halogens is 3. The van der Waals surface area contributed by atoms with Gasteiger partial charge in [0.2, 0.25) is 5.91 Å². The molecular formula is C17H20F3N3O. The maximum absolute atomic E-state index is 13.1. The summed E-state index contributed by atoms with van der Waals surface area (Å²) in [5.74, 6) is -0.190. The van der Waals surface area contributed by atoms with Crippen molar-refractivity contribution in [2.24, 2.45) is 5.92 Å². The van der Waals surface area contributed by atoms with Gasteiger partial charge in [-0.25, -0.2) is 0 Å². The number of benzene rings is 1. The lowest BCUT2D eigenvalue weighted by Gasteiger charge is -2.35. The standard InChI is InChI=1S/C17H20F3N3O/c1-11(2)16(24)22-13-4-3-7-23(10-13)14-6-5-12(9-21)15(8-14)17(18,19)20/h5-6,8,11,13H,3-4,7,10H2,1-2H3,(H,22,24). The highest BCUT2D eigenvalue weighted by Crippen LogP contribution is 2.35. The van der Waals surface area contributed by atoms with Gasteiger partial charge in [-0.3, -0.25) is 4.79 Å². The van der Waals surface area contributed by atoms with Gasteiger partial charge >= 0.3 is 6.18 Å². The molecular weight excluding hydrogens is 319 g/mol. The summed E-state index contributed by atoms with van der Waals surface area (Å²) < 4.78 is 39.3. The minimum Gasteiger partial charge on any atom is -0.369 e. The van der Waals surface area contributed by atoms with Crippen LogP contribution in [0.3, 0.4) is 0 Å². The SMILES string of the molecule is CC(C)C(=O)NC1CCCN(c2ccc(C#N)c(C(F)(F)F)c2)C1. The number of carbonyl (C=O) groups excluding carboxylic acids is 1. The second-order valence-electron chi connectivity index (χ2n) is 6.29. The molecule has 1 aromatic rings. The number of anilines is 1. The molecule has 1 N–H and O–H groups in total. The molecule has 24 heavy (non-hydrogen) atoms. The van der Waals surface area contributed by atoms with Gasteiger partial charge < -0.3 is 10.2 Å². The fourth-order valence-corrected chi connectivity index (χ4v) is 2.76. The molecule has 1 amide bonds. The summed E-state index contributed by atoms with van der Waals surface area (Å²) in [5, 5.41) is 11.8. The number of piperidine rings is 1. The Morgan fingerprint density at radius 1 is 1.42 bits per heavy atom. The van der Waals surface area contributed by atoms with Gasteiger partial charge in [0.15, 0.2) is 0 Å². The number of hydrogen-bond acceptors (Lipinski definition) is 3. The van der Waals surface area contributed by atoms with E-state index in [-0.39, 0.29) is 23.4 Å². The van der Waals surface area contributed by atoms with E-state index in [1.54, 1.807) is 19.9 Å². The molecule has 130 valence electrons. The zero-order chi connectivity index (χ0) is 17.9. The van der Waals surface area contributed by atoms with Crippen LogP contribution in [0.25, 0.3) is 0 Å². The molecule has 0 radical (unpaired) electrons. The predicted molar refractivity (Wildman–Crippen MR) is 84.4 cm³/mol. The molecule has 1 saturated heterocycles. The van der Waals surface area contributed by atoms with E-state index < -0.39 is 11.7 Å². The Labute approximate surface area is 139 Å². The van der Waals surface area contributed by atoms with Crippen LogP contribution in [0.4, 0.5) is 18.9 Å². The molecule has 1 fully saturated rings. The van der Waals surface area contributed by atoms with Crippen molar-refractivity contribution in [3.63, 3.8) is 0 Å². The number of nitrogens with zero attached hydrogens (tertiary/aromatic N) is 2. The van der Waals surface area contributed by atoms with Crippen LogP contribution in [-0.4, -0.2) is 25.0 Å². The molecule has 1 unspecified atom stereocenters. The molecule has 1 atom stereocenters. The minimum atomic E-state index is -4.57. The van der Waals surface area contributed by atoms with Crippen molar-refractivity contribution in [2.45, 2.75) is 38.9 Å². The van der Waals surface area contributed by atoms with Crippen molar-refractivity contribution in [1.82, 2.24) is 5.32 Å². The van der Waals surface area contributed by atoms with Crippen molar-refractivity contribution in [1.29, 1.82) is 5.26 Å². The van der Waals surface area contributed by atoms with E-state index in [0.29, 0.717) is 18.8 Å². The summed E-state index contributed by atoms with van der Waals surface area (Å²) >= 11 is 0. The highest BCUT2D eigenvalue weighted by Gasteiger charge is 2.34. The Morgan fingerprint density at radius 2 is 2.12 bits per heavy atom. The fraction of sp³-hybridized carbons (Fsp3) is 0.529. The Morgan fingerprint density at radius 3 is 2.71 bits per heavy atom. The molecule has 1 aliphatic heterocycles. The van der Waals surface area contributed by atoms with E-state index in [1.807, 2.05) is 4.90 Å². The van der Waals surface area contributed by atoms with Gasteiger partial charge in [0.25, 0.3) is 0 Å². The summed E-state index contributed by atoms with van der Waals surface area (Å²) in [6, 6.07) is 5.25. The molecule has 0 spiro atoms. The van der Waals surface area contributed by atoms with Crippen LogP contribution in [0.2, 0.25) is 0 Å². The van der Waals surface area contributed by atoms with Crippen LogP contribution in [0.5, 0.6) is 0 Å². The van der Waals surface area contributed by atoms with Crippen LogP contribution >= 0.6 is 0 Å². The molecule has 1 aromatic carbocycles. The van der Waals surface area contributed by atoms with Crippen molar-refractivity contribution in [2.75, 3.05) is 18.0 Å². The van der Waals surface area contributed by atoms with E-state index in [2.05, 4.69) is 5.32 Å². The van der Waals surface area contributed by atoms with E-state index in [0.717, 1.165) is 18.9 Å². The number of nitriles is 1. The lowest BCUT2D eigenvalue weighted by atomic mass is 10.0. The monoisotopic (exact) mass is 339 g/mol. The van der Waals surface area contributed by atoms with Gasteiger partial charge in [-0.2, -0.15) is 18.4 Å². The molecule has 1 heterocycles. The molecule has 0 aliphatic carbocycles.